The third-order valence-corrected chi connectivity index (χ3v) is 4.59. The Bertz CT molecular complexity index is 497. The van der Waals surface area contributed by atoms with E-state index in [0.29, 0.717) is 18.6 Å². The van der Waals surface area contributed by atoms with Crippen LogP contribution in [0.2, 0.25) is 0 Å². The molecule has 4 nitrogen and oxygen atoms in total. The molecular formula is C17H24N2O2. The van der Waals surface area contributed by atoms with Crippen molar-refractivity contribution in [3.8, 4) is 5.75 Å². The highest BCUT2D eigenvalue weighted by Gasteiger charge is 2.26. The minimum Gasteiger partial charge on any atom is -0.490 e. The Balaban J connectivity index is 1.66. The summed E-state index contributed by atoms with van der Waals surface area (Å²) >= 11 is 0. The number of likely N-dealkylation sites (tertiary alicyclic amines) is 1. The molecule has 3 rings (SSSR count). The average molecular weight is 288 g/mol. The molecule has 2 aliphatic rings. The van der Waals surface area contributed by atoms with E-state index < -0.39 is 0 Å². The fourth-order valence-corrected chi connectivity index (χ4v) is 3.29. The molecule has 0 radical (unpaired) electrons. The number of carbonyl (C=O) groups is 1. The Morgan fingerprint density at radius 1 is 1.29 bits per heavy atom. The third-order valence-electron chi connectivity index (χ3n) is 4.59. The molecule has 21 heavy (non-hydrogen) atoms. The second kappa shape index (κ2) is 6.48. The van der Waals surface area contributed by atoms with Gasteiger partial charge in [-0.25, -0.2) is 0 Å². The monoisotopic (exact) mass is 288 g/mol. The third kappa shape index (κ3) is 3.38. The van der Waals surface area contributed by atoms with Gasteiger partial charge < -0.3 is 15.4 Å². The number of benzene rings is 1. The van der Waals surface area contributed by atoms with Gasteiger partial charge >= 0.3 is 0 Å². The van der Waals surface area contributed by atoms with Crippen LogP contribution in [0, 0.1) is 5.92 Å². The molecule has 1 aliphatic heterocycles. The van der Waals surface area contributed by atoms with Gasteiger partial charge in [0.1, 0.15) is 5.75 Å². The molecule has 2 N–H and O–H groups in total. The van der Waals surface area contributed by atoms with Crippen molar-refractivity contribution in [1.82, 2.24) is 4.90 Å². The summed E-state index contributed by atoms with van der Waals surface area (Å²) in [6, 6.07) is 7.62. The number of ether oxygens (including phenoxy) is 1. The summed E-state index contributed by atoms with van der Waals surface area (Å²) in [5.41, 5.74) is 6.42. The highest BCUT2D eigenvalue weighted by atomic mass is 16.5. The Labute approximate surface area is 126 Å². The van der Waals surface area contributed by atoms with E-state index in [9.17, 15) is 4.79 Å². The molecule has 0 spiro atoms. The molecule has 114 valence electrons. The number of amides is 1. The lowest BCUT2D eigenvalue weighted by Crippen LogP contribution is -2.29. The van der Waals surface area contributed by atoms with Crippen molar-refractivity contribution in [3.63, 3.8) is 0 Å². The van der Waals surface area contributed by atoms with E-state index in [-0.39, 0.29) is 5.91 Å². The number of nitrogens with zero attached hydrogens (tertiary/aromatic N) is 1. The first-order valence-corrected chi connectivity index (χ1v) is 8.02. The lowest BCUT2D eigenvalue weighted by molar-refractivity contribution is 0.0787. The average Bonchev–Trinajstić information content (AvgIpc) is 3.17. The SMILES string of the molecule is NC[C@@H]1CCN(C(=O)c2cccc(OC3CCCC3)c2)C1. The van der Waals surface area contributed by atoms with Gasteiger partial charge in [-0.2, -0.15) is 0 Å². The van der Waals surface area contributed by atoms with Gasteiger partial charge in [-0.15, -0.1) is 0 Å². The van der Waals surface area contributed by atoms with Crippen LogP contribution in [-0.2, 0) is 0 Å². The Hall–Kier alpha value is -1.55. The zero-order valence-corrected chi connectivity index (χ0v) is 12.5. The summed E-state index contributed by atoms with van der Waals surface area (Å²) in [6.45, 7) is 2.26. The molecule has 1 saturated heterocycles. The molecule has 1 aromatic rings. The molecule has 1 aliphatic carbocycles. The fourth-order valence-electron chi connectivity index (χ4n) is 3.29. The van der Waals surface area contributed by atoms with Crippen molar-refractivity contribution in [1.29, 1.82) is 0 Å². The van der Waals surface area contributed by atoms with E-state index in [1.54, 1.807) is 0 Å². The normalized spacial score (nSPS) is 22.7. The molecule has 4 heteroatoms. The van der Waals surface area contributed by atoms with Crippen molar-refractivity contribution >= 4 is 5.91 Å². The van der Waals surface area contributed by atoms with E-state index in [0.717, 1.165) is 43.7 Å². The molecule has 0 unspecified atom stereocenters. The molecule has 0 bridgehead atoms. The summed E-state index contributed by atoms with van der Waals surface area (Å²) in [4.78, 5) is 14.4. The highest BCUT2D eigenvalue weighted by Crippen LogP contribution is 2.25. The summed E-state index contributed by atoms with van der Waals surface area (Å²) in [5, 5.41) is 0. The minimum absolute atomic E-state index is 0.0998. The molecular weight excluding hydrogens is 264 g/mol. The molecule has 1 atom stereocenters. The van der Waals surface area contributed by atoms with Crippen LogP contribution in [0.15, 0.2) is 24.3 Å². The van der Waals surface area contributed by atoms with Crippen molar-refractivity contribution in [2.45, 2.75) is 38.2 Å². The van der Waals surface area contributed by atoms with Crippen LogP contribution in [0.5, 0.6) is 5.75 Å². The standard InChI is InChI=1S/C17H24N2O2/c18-11-13-8-9-19(12-13)17(20)14-4-3-7-16(10-14)21-15-5-1-2-6-15/h3-4,7,10,13,15H,1-2,5-6,8-9,11-12,18H2/t13-/m0/s1. The quantitative estimate of drug-likeness (QED) is 0.925. The van der Waals surface area contributed by atoms with Crippen LogP contribution in [0.25, 0.3) is 0 Å². The molecule has 1 amide bonds. The largest absolute Gasteiger partial charge is 0.490 e. The Morgan fingerprint density at radius 2 is 2.10 bits per heavy atom. The van der Waals surface area contributed by atoms with E-state index in [1.165, 1.54) is 12.8 Å². The van der Waals surface area contributed by atoms with Crippen molar-refractivity contribution in [2.24, 2.45) is 11.7 Å². The van der Waals surface area contributed by atoms with E-state index in [2.05, 4.69) is 0 Å². The topological polar surface area (TPSA) is 55.6 Å². The van der Waals surface area contributed by atoms with Gasteiger partial charge in [-0.3, -0.25) is 4.79 Å². The van der Waals surface area contributed by atoms with Crippen LogP contribution in [-0.4, -0.2) is 36.5 Å². The summed E-state index contributed by atoms with van der Waals surface area (Å²) in [7, 11) is 0. The van der Waals surface area contributed by atoms with Gasteiger partial charge in [-0.05, 0) is 62.8 Å². The summed E-state index contributed by atoms with van der Waals surface area (Å²) < 4.78 is 5.98. The lowest BCUT2D eigenvalue weighted by atomic mass is 10.1. The molecule has 1 heterocycles. The predicted octanol–water partition coefficient (Wildman–Crippen LogP) is 2.43. The number of rotatable bonds is 4. The lowest BCUT2D eigenvalue weighted by Gasteiger charge is -2.18. The van der Waals surface area contributed by atoms with Gasteiger partial charge in [0.15, 0.2) is 0 Å². The first-order valence-electron chi connectivity index (χ1n) is 8.02. The first-order chi connectivity index (χ1) is 10.3. The smallest absolute Gasteiger partial charge is 0.253 e. The molecule has 1 saturated carbocycles. The van der Waals surface area contributed by atoms with Crippen LogP contribution in [0.1, 0.15) is 42.5 Å². The van der Waals surface area contributed by atoms with Gasteiger partial charge in [-0.1, -0.05) is 6.07 Å². The van der Waals surface area contributed by atoms with Crippen molar-refractivity contribution < 1.29 is 9.53 Å². The zero-order chi connectivity index (χ0) is 14.7. The van der Waals surface area contributed by atoms with Gasteiger partial charge in [0, 0.05) is 18.7 Å². The highest BCUT2D eigenvalue weighted by molar-refractivity contribution is 5.94. The van der Waals surface area contributed by atoms with Gasteiger partial charge in [0.25, 0.3) is 5.91 Å². The fraction of sp³-hybridized carbons (Fsp3) is 0.588. The van der Waals surface area contributed by atoms with Crippen LogP contribution >= 0.6 is 0 Å². The van der Waals surface area contributed by atoms with Crippen molar-refractivity contribution in [2.75, 3.05) is 19.6 Å². The zero-order valence-electron chi connectivity index (χ0n) is 12.5. The Kier molecular flexibility index (Phi) is 4.44. The van der Waals surface area contributed by atoms with Crippen LogP contribution in [0.3, 0.4) is 0 Å². The number of carbonyl (C=O) groups excluding carboxylic acids is 1. The van der Waals surface area contributed by atoms with Gasteiger partial charge in [0.2, 0.25) is 0 Å². The maximum Gasteiger partial charge on any atom is 0.253 e. The minimum atomic E-state index is 0.0998. The van der Waals surface area contributed by atoms with Crippen LogP contribution in [0.4, 0.5) is 0 Å². The molecule has 1 aromatic carbocycles. The molecule has 2 fully saturated rings. The number of hydrogen-bond acceptors (Lipinski definition) is 3. The Morgan fingerprint density at radius 3 is 2.81 bits per heavy atom. The summed E-state index contributed by atoms with van der Waals surface area (Å²) in [5.74, 6) is 1.37. The van der Waals surface area contributed by atoms with E-state index >= 15 is 0 Å². The van der Waals surface area contributed by atoms with E-state index in [1.807, 2.05) is 29.2 Å². The first kappa shape index (κ1) is 14.4. The van der Waals surface area contributed by atoms with Crippen molar-refractivity contribution in [3.05, 3.63) is 29.8 Å². The second-order valence-corrected chi connectivity index (χ2v) is 6.19. The van der Waals surface area contributed by atoms with Gasteiger partial charge in [0.05, 0.1) is 6.10 Å². The predicted molar refractivity (Wildman–Crippen MR) is 82.4 cm³/mol. The van der Waals surface area contributed by atoms with Crippen LogP contribution < -0.4 is 10.5 Å². The summed E-state index contributed by atoms with van der Waals surface area (Å²) in [6.07, 6.45) is 6.09. The number of hydrogen-bond donors (Lipinski definition) is 1. The second-order valence-electron chi connectivity index (χ2n) is 6.19. The maximum absolute atomic E-state index is 12.5. The maximum atomic E-state index is 12.5. The molecule has 0 aromatic heterocycles. The number of nitrogens with two attached hydrogens (primary N) is 1. The van der Waals surface area contributed by atoms with E-state index in [4.69, 9.17) is 10.5 Å².